The highest BCUT2D eigenvalue weighted by molar-refractivity contribution is 5.77. The maximum absolute atomic E-state index is 11.5. The summed E-state index contributed by atoms with van der Waals surface area (Å²) in [5, 5.41) is 6.18. The van der Waals surface area contributed by atoms with Crippen molar-refractivity contribution in [3.63, 3.8) is 0 Å². The van der Waals surface area contributed by atoms with Crippen molar-refractivity contribution in [2.45, 2.75) is 51.5 Å². The Morgan fingerprint density at radius 3 is 2.56 bits per heavy atom. The normalized spacial score (nSPS) is 19.2. The van der Waals surface area contributed by atoms with Crippen LogP contribution in [-0.4, -0.2) is 38.8 Å². The van der Waals surface area contributed by atoms with Crippen LogP contribution in [0.25, 0.3) is 0 Å². The van der Waals surface area contributed by atoms with Crippen LogP contribution in [0.4, 0.5) is 0 Å². The number of carbonyl (C=O) groups excluding carboxylic acids is 1. The third-order valence-corrected chi connectivity index (χ3v) is 3.82. The zero-order chi connectivity index (χ0) is 13.2. The number of hydrogen-bond acceptors (Lipinski definition) is 3. The lowest BCUT2D eigenvalue weighted by molar-refractivity contribution is -0.120. The molecule has 0 unspecified atom stereocenters. The fourth-order valence-electron chi connectivity index (χ4n) is 2.59. The molecular weight excluding hydrogens is 228 g/mol. The first-order chi connectivity index (χ1) is 8.74. The summed E-state index contributed by atoms with van der Waals surface area (Å²) in [6.45, 7) is 3.79. The number of rotatable bonds is 7. The van der Waals surface area contributed by atoms with Crippen molar-refractivity contribution in [3.05, 3.63) is 0 Å². The summed E-state index contributed by atoms with van der Waals surface area (Å²) < 4.78 is 4.89. The number of hydrogen-bond donors (Lipinski definition) is 2. The van der Waals surface area contributed by atoms with Crippen molar-refractivity contribution < 1.29 is 9.53 Å². The Balaban J connectivity index is 2.14. The topological polar surface area (TPSA) is 50.4 Å². The van der Waals surface area contributed by atoms with E-state index in [9.17, 15) is 4.79 Å². The molecule has 1 rings (SSSR count). The molecule has 0 aromatic carbocycles. The Hall–Kier alpha value is -0.610. The minimum Gasteiger partial charge on any atom is -0.383 e. The molecule has 0 heterocycles. The van der Waals surface area contributed by atoms with E-state index in [0.29, 0.717) is 25.7 Å². The average Bonchev–Trinajstić information content (AvgIpc) is 2.65. The van der Waals surface area contributed by atoms with Gasteiger partial charge in [0.25, 0.3) is 0 Å². The second-order valence-corrected chi connectivity index (χ2v) is 5.26. The summed E-state index contributed by atoms with van der Waals surface area (Å²) in [5.74, 6) is 0.798. The molecule has 18 heavy (non-hydrogen) atoms. The highest BCUT2D eigenvalue weighted by atomic mass is 16.5. The molecule has 1 atom stereocenters. The maximum atomic E-state index is 11.5. The molecule has 106 valence electrons. The van der Waals surface area contributed by atoms with Crippen LogP contribution in [0, 0.1) is 5.92 Å². The Bertz CT molecular complexity index is 226. The molecular formula is C14H28N2O2. The van der Waals surface area contributed by atoms with Crippen LogP contribution in [-0.2, 0) is 9.53 Å². The Morgan fingerprint density at radius 1 is 1.28 bits per heavy atom. The zero-order valence-electron chi connectivity index (χ0n) is 11.8. The van der Waals surface area contributed by atoms with Gasteiger partial charge in [-0.25, -0.2) is 0 Å². The van der Waals surface area contributed by atoms with Gasteiger partial charge in [-0.15, -0.1) is 0 Å². The lowest BCUT2D eigenvalue weighted by Gasteiger charge is -2.23. The quantitative estimate of drug-likeness (QED) is 0.538. The molecule has 0 bridgehead atoms. The Kier molecular flexibility index (Phi) is 8.01. The van der Waals surface area contributed by atoms with E-state index in [0.717, 1.165) is 5.92 Å². The molecule has 1 saturated carbocycles. The number of amides is 1. The van der Waals surface area contributed by atoms with Crippen LogP contribution < -0.4 is 10.6 Å². The van der Waals surface area contributed by atoms with Gasteiger partial charge in [0, 0.05) is 19.7 Å². The first-order valence-corrected chi connectivity index (χ1v) is 7.23. The van der Waals surface area contributed by atoms with E-state index in [1.807, 2.05) is 0 Å². The molecule has 0 aromatic heterocycles. The summed E-state index contributed by atoms with van der Waals surface area (Å²) >= 11 is 0. The molecule has 4 heteroatoms. The standard InChI is InChI=1S/C14H28N2O2/c1-12(13-7-5-3-4-6-8-13)16-11-14(17)15-9-10-18-2/h12-13,16H,3-11H2,1-2H3,(H,15,17)/t12-/m0/s1. The molecule has 0 radical (unpaired) electrons. The van der Waals surface area contributed by atoms with Crippen molar-refractivity contribution in [2.24, 2.45) is 5.92 Å². The fourth-order valence-corrected chi connectivity index (χ4v) is 2.59. The molecule has 1 fully saturated rings. The number of methoxy groups -OCH3 is 1. The Labute approximate surface area is 111 Å². The molecule has 1 aliphatic rings. The van der Waals surface area contributed by atoms with Crippen molar-refractivity contribution >= 4 is 5.91 Å². The van der Waals surface area contributed by atoms with Gasteiger partial charge in [-0.2, -0.15) is 0 Å². The highest BCUT2D eigenvalue weighted by Crippen LogP contribution is 2.25. The van der Waals surface area contributed by atoms with Crippen LogP contribution in [0.15, 0.2) is 0 Å². The van der Waals surface area contributed by atoms with Gasteiger partial charge in [-0.1, -0.05) is 25.7 Å². The predicted octanol–water partition coefficient (Wildman–Crippen LogP) is 1.70. The van der Waals surface area contributed by atoms with Crippen molar-refractivity contribution in [1.29, 1.82) is 0 Å². The zero-order valence-corrected chi connectivity index (χ0v) is 11.8. The van der Waals surface area contributed by atoms with Gasteiger partial charge < -0.3 is 15.4 Å². The minimum atomic E-state index is 0.0625. The van der Waals surface area contributed by atoms with Gasteiger partial charge in [0.15, 0.2) is 0 Å². The van der Waals surface area contributed by atoms with E-state index in [2.05, 4.69) is 17.6 Å². The Morgan fingerprint density at radius 2 is 1.94 bits per heavy atom. The van der Waals surface area contributed by atoms with E-state index in [1.165, 1.54) is 38.5 Å². The first-order valence-electron chi connectivity index (χ1n) is 7.23. The van der Waals surface area contributed by atoms with Crippen molar-refractivity contribution in [2.75, 3.05) is 26.8 Å². The SMILES string of the molecule is COCCNC(=O)CN[C@@H](C)C1CCCCCC1. The van der Waals surface area contributed by atoms with E-state index in [4.69, 9.17) is 4.74 Å². The van der Waals surface area contributed by atoms with E-state index in [-0.39, 0.29) is 5.91 Å². The predicted molar refractivity (Wildman–Crippen MR) is 73.5 cm³/mol. The third-order valence-electron chi connectivity index (χ3n) is 3.82. The first kappa shape index (κ1) is 15.4. The molecule has 2 N–H and O–H groups in total. The smallest absolute Gasteiger partial charge is 0.234 e. The monoisotopic (exact) mass is 256 g/mol. The fraction of sp³-hybridized carbons (Fsp3) is 0.929. The maximum Gasteiger partial charge on any atom is 0.234 e. The van der Waals surface area contributed by atoms with Crippen molar-refractivity contribution in [3.8, 4) is 0 Å². The van der Waals surface area contributed by atoms with Crippen LogP contribution in [0.1, 0.15) is 45.4 Å². The highest BCUT2D eigenvalue weighted by Gasteiger charge is 2.19. The third kappa shape index (κ3) is 6.36. The number of ether oxygens (including phenoxy) is 1. The molecule has 4 nitrogen and oxygen atoms in total. The number of nitrogens with one attached hydrogen (secondary N) is 2. The van der Waals surface area contributed by atoms with Gasteiger partial charge in [0.2, 0.25) is 5.91 Å². The average molecular weight is 256 g/mol. The van der Waals surface area contributed by atoms with Crippen molar-refractivity contribution in [1.82, 2.24) is 10.6 Å². The van der Waals surface area contributed by atoms with Crippen LogP contribution >= 0.6 is 0 Å². The summed E-state index contributed by atoms with van der Waals surface area (Å²) in [6.07, 6.45) is 8.05. The van der Waals surface area contributed by atoms with Gasteiger partial charge in [-0.05, 0) is 25.7 Å². The van der Waals surface area contributed by atoms with Gasteiger partial charge in [0.05, 0.1) is 13.2 Å². The van der Waals surface area contributed by atoms with Crippen LogP contribution in [0.2, 0.25) is 0 Å². The second kappa shape index (κ2) is 9.34. The minimum absolute atomic E-state index is 0.0625. The molecule has 0 aliphatic heterocycles. The van der Waals surface area contributed by atoms with E-state index < -0.39 is 0 Å². The van der Waals surface area contributed by atoms with Crippen LogP contribution in [0.3, 0.4) is 0 Å². The summed E-state index contributed by atoms with van der Waals surface area (Å²) in [5.41, 5.74) is 0. The van der Waals surface area contributed by atoms with Gasteiger partial charge in [-0.3, -0.25) is 4.79 Å². The lowest BCUT2D eigenvalue weighted by Crippen LogP contribution is -2.41. The number of carbonyl (C=O) groups is 1. The van der Waals surface area contributed by atoms with E-state index in [1.54, 1.807) is 7.11 Å². The van der Waals surface area contributed by atoms with Crippen LogP contribution in [0.5, 0.6) is 0 Å². The molecule has 1 amide bonds. The summed E-state index contributed by atoms with van der Waals surface area (Å²) in [7, 11) is 1.64. The summed E-state index contributed by atoms with van der Waals surface area (Å²) in [4.78, 5) is 11.5. The molecule has 1 aliphatic carbocycles. The summed E-state index contributed by atoms with van der Waals surface area (Å²) in [6, 6.07) is 0.441. The van der Waals surface area contributed by atoms with E-state index >= 15 is 0 Å². The molecule has 0 aromatic rings. The molecule has 0 saturated heterocycles. The second-order valence-electron chi connectivity index (χ2n) is 5.26. The molecule has 0 spiro atoms. The van der Waals surface area contributed by atoms with Gasteiger partial charge >= 0.3 is 0 Å². The lowest BCUT2D eigenvalue weighted by atomic mass is 9.93. The largest absolute Gasteiger partial charge is 0.383 e. The van der Waals surface area contributed by atoms with Gasteiger partial charge in [0.1, 0.15) is 0 Å².